The molecule has 0 N–H and O–H groups in total. The molecule has 128 valence electrons. The third-order valence-corrected chi connectivity index (χ3v) is 4.48. The lowest BCUT2D eigenvalue weighted by Crippen LogP contribution is -2.30. The first kappa shape index (κ1) is 16.9. The van der Waals surface area contributed by atoms with Crippen molar-refractivity contribution in [3.63, 3.8) is 0 Å². The summed E-state index contributed by atoms with van der Waals surface area (Å²) in [6.07, 6.45) is 0.931. The topological polar surface area (TPSA) is 73.4 Å². The lowest BCUT2D eigenvalue weighted by Gasteiger charge is -2.23. The number of benzene rings is 2. The molecule has 0 saturated carbocycles. The second-order valence-corrected chi connectivity index (χ2v) is 6.17. The molecule has 6 nitrogen and oxygen atoms in total. The highest BCUT2D eigenvalue weighted by Gasteiger charge is 2.22. The van der Waals surface area contributed by atoms with Crippen LogP contribution in [0, 0.1) is 21.4 Å². The van der Waals surface area contributed by atoms with Gasteiger partial charge in [0.2, 0.25) is 0 Å². The number of nitro groups is 1. The van der Waals surface area contributed by atoms with E-state index in [-0.39, 0.29) is 10.6 Å². The molecule has 1 saturated heterocycles. The van der Waals surface area contributed by atoms with E-state index >= 15 is 0 Å². The molecule has 0 aliphatic carbocycles. The summed E-state index contributed by atoms with van der Waals surface area (Å²) in [5.74, 6) is 0. The Hall–Kier alpha value is -2.91. The van der Waals surface area contributed by atoms with Gasteiger partial charge in [0.25, 0.3) is 5.69 Å². The van der Waals surface area contributed by atoms with Crippen LogP contribution in [0.5, 0.6) is 0 Å². The van der Waals surface area contributed by atoms with Crippen molar-refractivity contribution in [1.82, 2.24) is 4.90 Å². The molecule has 1 heterocycles. The van der Waals surface area contributed by atoms with E-state index in [0.717, 1.165) is 32.6 Å². The Morgan fingerprint density at radius 1 is 1.08 bits per heavy atom. The van der Waals surface area contributed by atoms with E-state index in [4.69, 9.17) is 5.26 Å². The van der Waals surface area contributed by atoms with Crippen LogP contribution in [0.1, 0.15) is 17.5 Å². The van der Waals surface area contributed by atoms with E-state index in [9.17, 15) is 10.1 Å². The average molecular weight is 336 g/mol. The van der Waals surface area contributed by atoms with Gasteiger partial charge in [0, 0.05) is 38.8 Å². The molecule has 1 fully saturated rings. The minimum absolute atomic E-state index is 0.0653. The van der Waals surface area contributed by atoms with Crippen LogP contribution in [0.2, 0.25) is 0 Å². The van der Waals surface area contributed by atoms with Crippen molar-refractivity contribution in [3.8, 4) is 6.07 Å². The van der Waals surface area contributed by atoms with E-state index in [0.29, 0.717) is 17.8 Å². The van der Waals surface area contributed by atoms with Crippen LogP contribution < -0.4 is 4.90 Å². The summed E-state index contributed by atoms with van der Waals surface area (Å²) in [6, 6.07) is 16.9. The van der Waals surface area contributed by atoms with Crippen molar-refractivity contribution in [2.45, 2.75) is 13.0 Å². The molecular weight excluding hydrogens is 316 g/mol. The SMILES string of the molecule is N#Cc1ccc([N+](=O)[O-])c(N2CCCN(Cc3ccccc3)CC2)c1. The molecule has 0 aromatic heterocycles. The summed E-state index contributed by atoms with van der Waals surface area (Å²) in [5.41, 5.74) is 2.33. The molecule has 0 amide bonds. The predicted molar refractivity (Wildman–Crippen MR) is 96.4 cm³/mol. The van der Waals surface area contributed by atoms with Gasteiger partial charge < -0.3 is 4.90 Å². The summed E-state index contributed by atoms with van der Waals surface area (Å²) in [7, 11) is 0. The third kappa shape index (κ3) is 4.14. The van der Waals surface area contributed by atoms with Gasteiger partial charge >= 0.3 is 0 Å². The van der Waals surface area contributed by atoms with E-state index in [1.807, 2.05) is 23.1 Å². The Bertz CT molecular complexity index is 786. The van der Waals surface area contributed by atoms with Gasteiger partial charge in [-0.1, -0.05) is 30.3 Å². The van der Waals surface area contributed by atoms with Gasteiger partial charge in [0.1, 0.15) is 5.69 Å². The first-order valence-electron chi connectivity index (χ1n) is 8.37. The second kappa shape index (κ2) is 7.77. The molecule has 1 aliphatic heterocycles. The molecule has 3 rings (SSSR count). The monoisotopic (exact) mass is 336 g/mol. The van der Waals surface area contributed by atoms with E-state index in [1.54, 1.807) is 6.07 Å². The van der Waals surface area contributed by atoms with E-state index in [2.05, 4.69) is 23.1 Å². The third-order valence-electron chi connectivity index (χ3n) is 4.48. The van der Waals surface area contributed by atoms with Crippen LogP contribution in [0.15, 0.2) is 48.5 Å². The highest BCUT2D eigenvalue weighted by atomic mass is 16.6. The van der Waals surface area contributed by atoms with Crippen LogP contribution in [-0.4, -0.2) is 36.0 Å². The summed E-state index contributed by atoms with van der Waals surface area (Å²) in [6.45, 7) is 4.14. The zero-order valence-electron chi connectivity index (χ0n) is 14.0. The standard InChI is InChI=1S/C19H20N4O2/c20-14-17-7-8-18(23(24)25)19(13-17)22-10-4-9-21(11-12-22)15-16-5-2-1-3-6-16/h1-3,5-8,13H,4,9-12,15H2. The fraction of sp³-hybridized carbons (Fsp3) is 0.316. The number of nitrogens with zero attached hydrogens (tertiary/aromatic N) is 4. The Kier molecular flexibility index (Phi) is 5.26. The molecule has 25 heavy (non-hydrogen) atoms. The van der Waals surface area contributed by atoms with Crippen LogP contribution in [0.3, 0.4) is 0 Å². The van der Waals surface area contributed by atoms with Crippen molar-refractivity contribution >= 4 is 11.4 Å². The normalized spacial score (nSPS) is 15.4. The average Bonchev–Trinajstić information content (AvgIpc) is 2.87. The molecule has 0 spiro atoms. The van der Waals surface area contributed by atoms with Crippen molar-refractivity contribution in [2.24, 2.45) is 0 Å². The van der Waals surface area contributed by atoms with Gasteiger partial charge in [0.05, 0.1) is 16.6 Å². The molecule has 2 aromatic rings. The molecule has 0 unspecified atom stereocenters. The molecule has 0 bridgehead atoms. The van der Waals surface area contributed by atoms with Crippen LogP contribution >= 0.6 is 0 Å². The molecule has 2 aromatic carbocycles. The largest absolute Gasteiger partial charge is 0.365 e. The van der Waals surface area contributed by atoms with Crippen LogP contribution in [-0.2, 0) is 6.54 Å². The maximum atomic E-state index is 11.3. The van der Waals surface area contributed by atoms with Gasteiger partial charge in [0.15, 0.2) is 0 Å². The van der Waals surface area contributed by atoms with Gasteiger partial charge in [-0.2, -0.15) is 5.26 Å². The van der Waals surface area contributed by atoms with Crippen LogP contribution in [0.4, 0.5) is 11.4 Å². The number of rotatable bonds is 4. The number of nitriles is 1. The zero-order chi connectivity index (χ0) is 17.6. The fourth-order valence-electron chi connectivity index (χ4n) is 3.21. The quantitative estimate of drug-likeness (QED) is 0.633. The minimum atomic E-state index is -0.372. The number of anilines is 1. The first-order chi connectivity index (χ1) is 12.2. The van der Waals surface area contributed by atoms with Crippen LogP contribution in [0.25, 0.3) is 0 Å². The van der Waals surface area contributed by atoms with Gasteiger partial charge in [-0.05, 0) is 24.1 Å². The first-order valence-corrected chi connectivity index (χ1v) is 8.37. The molecular formula is C19H20N4O2. The summed E-state index contributed by atoms with van der Waals surface area (Å²) >= 11 is 0. The number of nitro benzene ring substituents is 1. The number of hydrogen-bond donors (Lipinski definition) is 0. The lowest BCUT2D eigenvalue weighted by molar-refractivity contribution is -0.384. The molecule has 0 atom stereocenters. The van der Waals surface area contributed by atoms with Gasteiger partial charge in [-0.25, -0.2) is 0 Å². The van der Waals surface area contributed by atoms with Gasteiger partial charge in [-0.3, -0.25) is 15.0 Å². The Balaban J connectivity index is 1.75. The number of hydrogen-bond acceptors (Lipinski definition) is 5. The van der Waals surface area contributed by atoms with Crippen molar-refractivity contribution in [1.29, 1.82) is 5.26 Å². The Morgan fingerprint density at radius 2 is 1.88 bits per heavy atom. The Labute approximate surface area is 147 Å². The van der Waals surface area contributed by atoms with E-state index < -0.39 is 0 Å². The lowest BCUT2D eigenvalue weighted by atomic mass is 10.1. The van der Waals surface area contributed by atoms with E-state index in [1.165, 1.54) is 17.7 Å². The van der Waals surface area contributed by atoms with Crippen molar-refractivity contribution in [3.05, 3.63) is 69.8 Å². The highest BCUT2D eigenvalue weighted by molar-refractivity contribution is 5.66. The molecule has 0 radical (unpaired) electrons. The summed E-state index contributed by atoms with van der Waals surface area (Å²) < 4.78 is 0. The minimum Gasteiger partial charge on any atom is -0.365 e. The smallest absolute Gasteiger partial charge is 0.292 e. The van der Waals surface area contributed by atoms with Crippen molar-refractivity contribution < 1.29 is 4.92 Å². The second-order valence-electron chi connectivity index (χ2n) is 6.17. The molecule has 6 heteroatoms. The molecule has 1 aliphatic rings. The fourth-order valence-corrected chi connectivity index (χ4v) is 3.21. The zero-order valence-corrected chi connectivity index (χ0v) is 14.0. The summed E-state index contributed by atoms with van der Waals surface area (Å²) in [5, 5.41) is 20.4. The maximum Gasteiger partial charge on any atom is 0.292 e. The van der Waals surface area contributed by atoms with Gasteiger partial charge in [-0.15, -0.1) is 0 Å². The summed E-state index contributed by atoms with van der Waals surface area (Å²) in [4.78, 5) is 15.4. The Morgan fingerprint density at radius 3 is 2.60 bits per heavy atom. The highest BCUT2D eigenvalue weighted by Crippen LogP contribution is 2.30. The predicted octanol–water partition coefficient (Wildman–Crippen LogP) is 3.18. The maximum absolute atomic E-state index is 11.3. The van der Waals surface area contributed by atoms with Crippen molar-refractivity contribution in [2.75, 3.05) is 31.1 Å².